The van der Waals surface area contributed by atoms with Crippen LogP contribution in [0, 0.1) is 18.3 Å². The minimum Gasteiger partial charge on any atom is -0.462 e. The van der Waals surface area contributed by atoms with Gasteiger partial charge in [0.15, 0.2) is 0 Å². The van der Waals surface area contributed by atoms with E-state index in [1.165, 1.54) is 17.4 Å². The Balaban J connectivity index is 1.92. The van der Waals surface area contributed by atoms with Crippen LogP contribution in [0.3, 0.4) is 0 Å². The number of amides is 1. The van der Waals surface area contributed by atoms with Crippen molar-refractivity contribution in [2.24, 2.45) is 0 Å². The van der Waals surface area contributed by atoms with Crippen LogP contribution < -0.4 is 10.2 Å². The van der Waals surface area contributed by atoms with Gasteiger partial charge in [0.2, 0.25) is 0 Å². The number of hydrogen-bond acceptors (Lipinski definition) is 6. The second-order valence-corrected chi connectivity index (χ2v) is 8.43. The predicted molar refractivity (Wildman–Crippen MR) is 133 cm³/mol. The van der Waals surface area contributed by atoms with Crippen molar-refractivity contribution in [1.29, 1.82) is 5.26 Å². The Morgan fingerprint density at radius 1 is 1.12 bits per heavy atom. The molecule has 0 radical (unpaired) electrons. The summed E-state index contributed by atoms with van der Waals surface area (Å²) in [5, 5.41) is 14.5. The largest absolute Gasteiger partial charge is 0.462 e. The molecular weight excluding hydrogens is 434 g/mol. The molecule has 0 saturated carbocycles. The summed E-state index contributed by atoms with van der Waals surface area (Å²) in [6.07, 6.45) is 1.52. The van der Waals surface area contributed by atoms with E-state index in [-0.39, 0.29) is 17.7 Å². The number of carbonyl (C=O) groups is 2. The zero-order valence-corrected chi connectivity index (χ0v) is 19.8. The number of nitriles is 1. The number of hydrogen-bond donors (Lipinski definition) is 1. The third kappa shape index (κ3) is 5.68. The number of rotatable bonds is 7. The van der Waals surface area contributed by atoms with Gasteiger partial charge >= 0.3 is 5.97 Å². The van der Waals surface area contributed by atoms with E-state index in [0.717, 1.165) is 22.4 Å². The number of esters is 1. The Labute approximate surface area is 197 Å². The van der Waals surface area contributed by atoms with Crippen LogP contribution in [0.5, 0.6) is 0 Å². The zero-order valence-electron chi connectivity index (χ0n) is 19.0. The summed E-state index contributed by atoms with van der Waals surface area (Å²) in [5.41, 5.74) is 4.58. The van der Waals surface area contributed by atoms with Crippen molar-refractivity contribution < 1.29 is 14.3 Å². The molecule has 7 heteroatoms. The molecule has 0 aliphatic rings. The monoisotopic (exact) mass is 459 g/mol. The van der Waals surface area contributed by atoms with Crippen LogP contribution in [0.1, 0.15) is 28.4 Å². The van der Waals surface area contributed by atoms with Crippen LogP contribution in [-0.4, -0.2) is 32.6 Å². The lowest BCUT2D eigenvalue weighted by Gasteiger charge is -2.12. The lowest BCUT2D eigenvalue weighted by Crippen LogP contribution is -2.16. The van der Waals surface area contributed by atoms with Gasteiger partial charge in [0, 0.05) is 30.7 Å². The first kappa shape index (κ1) is 23.8. The molecule has 0 atom stereocenters. The Hall–Kier alpha value is -3.89. The molecule has 6 nitrogen and oxygen atoms in total. The van der Waals surface area contributed by atoms with E-state index in [4.69, 9.17) is 4.74 Å². The number of ether oxygens (including phenoxy) is 1. The minimum absolute atomic E-state index is 0.0623. The summed E-state index contributed by atoms with van der Waals surface area (Å²) in [5.74, 6) is -1.11. The number of nitrogens with zero attached hydrogens (tertiary/aromatic N) is 2. The van der Waals surface area contributed by atoms with Crippen LogP contribution in [0.25, 0.3) is 17.2 Å². The summed E-state index contributed by atoms with van der Waals surface area (Å²) in [7, 11) is 3.87. The van der Waals surface area contributed by atoms with Crippen molar-refractivity contribution in [3.05, 3.63) is 76.2 Å². The molecular formula is C26H25N3O3S. The number of nitrogens with one attached hydrogen (secondary N) is 1. The molecule has 0 spiro atoms. The summed E-state index contributed by atoms with van der Waals surface area (Å²) in [6.45, 7) is 3.92. The van der Waals surface area contributed by atoms with Gasteiger partial charge in [0.05, 0.1) is 6.61 Å². The fraction of sp³-hybridized carbons (Fsp3) is 0.192. The third-order valence-electron chi connectivity index (χ3n) is 4.95. The zero-order chi connectivity index (χ0) is 24.0. The SMILES string of the molecule is CCOC(=O)c1c(-c2ccc(C)cc2)csc1NC(=O)/C(C#N)=C/c1ccc(N(C)C)cc1. The topological polar surface area (TPSA) is 82.4 Å². The van der Waals surface area contributed by atoms with E-state index in [1.54, 1.807) is 6.92 Å². The number of aryl methyl sites for hydroxylation is 1. The molecule has 0 aliphatic carbocycles. The molecule has 1 heterocycles. The van der Waals surface area contributed by atoms with Crippen molar-refractivity contribution in [1.82, 2.24) is 0 Å². The maximum absolute atomic E-state index is 12.9. The van der Waals surface area contributed by atoms with Gasteiger partial charge in [0.1, 0.15) is 22.2 Å². The summed E-state index contributed by atoms with van der Waals surface area (Å²) in [6, 6.07) is 17.2. The summed E-state index contributed by atoms with van der Waals surface area (Å²) < 4.78 is 5.24. The number of thiophene rings is 1. The maximum atomic E-state index is 12.9. The summed E-state index contributed by atoms with van der Waals surface area (Å²) in [4.78, 5) is 27.6. The van der Waals surface area contributed by atoms with Gasteiger partial charge in [0.25, 0.3) is 5.91 Å². The normalized spacial score (nSPS) is 10.9. The Morgan fingerprint density at radius 3 is 2.36 bits per heavy atom. The Bertz CT molecular complexity index is 1220. The highest BCUT2D eigenvalue weighted by Crippen LogP contribution is 2.36. The lowest BCUT2D eigenvalue weighted by atomic mass is 10.0. The van der Waals surface area contributed by atoms with E-state index in [2.05, 4.69) is 5.32 Å². The first-order chi connectivity index (χ1) is 15.8. The van der Waals surface area contributed by atoms with Gasteiger partial charge in [-0.3, -0.25) is 4.79 Å². The van der Waals surface area contributed by atoms with E-state index >= 15 is 0 Å². The first-order valence-electron chi connectivity index (χ1n) is 10.4. The second-order valence-electron chi connectivity index (χ2n) is 7.55. The Kier molecular flexibility index (Phi) is 7.65. The molecule has 168 valence electrons. The van der Waals surface area contributed by atoms with E-state index in [1.807, 2.05) is 85.9 Å². The highest BCUT2D eigenvalue weighted by Gasteiger charge is 2.23. The van der Waals surface area contributed by atoms with Crippen LogP contribution in [0.4, 0.5) is 10.7 Å². The number of anilines is 2. The van der Waals surface area contributed by atoms with Crippen molar-refractivity contribution in [3.63, 3.8) is 0 Å². The molecule has 0 bridgehead atoms. The van der Waals surface area contributed by atoms with Gasteiger partial charge in [-0.25, -0.2) is 4.79 Å². The van der Waals surface area contributed by atoms with Crippen LogP contribution in [0.2, 0.25) is 0 Å². The van der Waals surface area contributed by atoms with Gasteiger partial charge < -0.3 is 15.0 Å². The fourth-order valence-electron chi connectivity index (χ4n) is 3.16. The molecule has 3 aromatic rings. The molecule has 2 aromatic carbocycles. The average molecular weight is 460 g/mol. The van der Waals surface area contributed by atoms with Gasteiger partial charge in [-0.2, -0.15) is 5.26 Å². The number of benzene rings is 2. The van der Waals surface area contributed by atoms with Crippen LogP contribution >= 0.6 is 11.3 Å². The maximum Gasteiger partial charge on any atom is 0.341 e. The van der Waals surface area contributed by atoms with Crippen molar-refractivity contribution in [3.8, 4) is 17.2 Å². The molecule has 1 aromatic heterocycles. The molecule has 0 unspecified atom stereocenters. The van der Waals surface area contributed by atoms with E-state index in [9.17, 15) is 14.9 Å². The van der Waals surface area contributed by atoms with Crippen molar-refractivity contribution >= 4 is 40.0 Å². The molecule has 0 saturated heterocycles. The summed E-state index contributed by atoms with van der Waals surface area (Å²) >= 11 is 1.22. The van der Waals surface area contributed by atoms with Crippen LogP contribution in [0.15, 0.2) is 59.5 Å². The van der Waals surface area contributed by atoms with Gasteiger partial charge in [-0.15, -0.1) is 11.3 Å². The van der Waals surface area contributed by atoms with Gasteiger partial charge in [-0.05, 0) is 43.2 Å². The standard InChI is InChI=1S/C26H25N3O3S/c1-5-32-26(31)23-22(19-10-6-17(2)7-11-19)16-33-25(23)28-24(30)20(15-27)14-18-8-12-21(13-9-18)29(3)4/h6-14,16H,5H2,1-4H3,(H,28,30)/b20-14+. The highest BCUT2D eigenvalue weighted by molar-refractivity contribution is 7.15. The van der Waals surface area contributed by atoms with Gasteiger partial charge in [-0.1, -0.05) is 42.0 Å². The predicted octanol–water partition coefficient (Wildman–Crippen LogP) is 5.51. The molecule has 0 aliphatic heterocycles. The fourth-order valence-corrected chi connectivity index (χ4v) is 4.11. The third-order valence-corrected chi connectivity index (χ3v) is 5.84. The molecule has 1 N–H and O–H groups in total. The van der Waals surface area contributed by atoms with Crippen LogP contribution in [-0.2, 0) is 9.53 Å². The average Bonchev–Trinajstić information content (AvgIpc) is 3.21. The van der Waals surface area contributed by atoms with E-state index < -0.39 is 11.9 Å². The minimum atomic E-state index is -0.586. The highest BCUT2D eigenvalue weighted by atomic mass is 32.1. The molecule has 3 rings (SSSR count). The lowest BCUT2D eigenvalue weighted by molar-refractivity contribution is -0.112. The Morgan fingerprint density at radius 2 is 1.79 bits per heavy atom. The smallest absolute Gasteiger partial charge is 0.341 e. The molecule has 1 amide bonds. The molecule has 33 heavy (non-hydrogen) atoms. The number of carbonyl (C=O) groups excluding carboxylic acids is 2. The second kappa shape index (κ2) is 10.6. The van der Waals surface area contributed by atoms with Crippen molar-refractivity contribution in [2.45, 2.75) is 13.8 Å². The van der Waals surface area contributed by atoms with Crippen molar-refractivity contribution in [2.75, 3.05) is 30.9 Å². The first-order valence-corrected chi connectivity index (χ1v) is 11.3. The van der Waals surface area contributed by atoms with E-state index in [0.29, 0.717) is 10.6 Å². The molecule has 0 fully saturated rings. The quantitative estimate of drug-likeness (QED) is 0.286.